The van der Waals surface area contributed by atoms with Gasteiger partial charge in [0.1, 0.15) is 5.03 Å². The van der Waals surface area contributed by atoms with Crippen LogP contribution in [0.15, 0.2) is 23.4 Å². The van der Waals surface area contributed by atoms with Crippen LogP contribution in [0.1, 0.15) is 6.92 Å². The molecule has 0 radical (unpaired) electrons. The van der Waals surface area contributed by atoms with Gasteiger partial charge in [-0.2, -0.15) is 0 Å². The van der Waals surface area contributed by atoms with Gasteiger partial charge >= 0.3 is 0 Å². The van der Waals surface area contributed by atoms with Gasteiger partial charge in [-0.15, -0.1) is 0 Å². The number of fused-ring (bicyclic) bond motifs is 1. The third-order valence-corrected chi connectivity index (χ3v) is 2.47. The molecule has 2 rings (SSSR count). The van der Waals surface area contributed by atoms with Gasteiger partial charge in [-0.05, 0) is 31.0 Å². The van der Waals surface area contributed by atoms with Crippen LogP contribution in [0.3, 0.4) is 0 Å². The number of hydrogen-bond acceptors (Lipinski definition) is 4. The highest BCUT2D eigenvalue weighted by Crippen LogP contribution is 2.26. The second kappa shape index (κ2) is 2.71. The fourth-order valence-electron chi connectivity index (χ4n) is 0.989. The van der Waals surface area contributed by atoms with E-state index in [0.29, 0.717) is 6.17 Å². The number of anilines is 1. The second-order valence-electron chi connectivity index (χ2n) is 2.44. The molecule has 0 aromatic carbocycles. The van der Waals surface area contributed by atoms with Crippen LogP contribution in [0.5, 0.6) is 0 Å². The average Bonchev–Trinajstić information content (AvgIpc) is 2.04. The van der Waals surface area contributed by atoms with Crippen molar-refractivity contribution in [2.24, 2.45) is 0 Å². The summed E-state index contributed by atoms with van der Waals surface area (Å²) in [6, 6.07) is 3.97. The van der Waals surface area contributed by atoms with Crippen molar-refractivity contribution in [2.45, 2.75) is 18.1 Å². The van der Waals surface area contributed by atoms with Crippen molar-refractivity contribution in [2.75, 3.05) is 5.32 Å². The van der Waals surface area contributed by atoms with Crippen LogP contribution in [-0.2, 0) is 0 Å². The molecule has 0 aliphatic carbocycles. The third-order valence-electron chi connectivity index (χ3n) is 1.48. The van der Waals surface area contributed by atoms with Gasteiger partial charge in [0.25, 0.3) is 0 Å². The van der Waals surface area contributed by atoms with E-state index in [1.54, 1.807) is 18.1 Å². The quantitative estimate of drug-likeness (QED) is 0.573. The van der Waals surface area contributed by atoms with Gasteiger partial charge in [0.2, 0.25) is 0 Å². The zero-order valence-corrected chi connectivity index (χ0v) is 6.98. The zero-order chi connectivity index (χ0) is 7.68. The standard InChI is InChI=1S/C7H9N3S/c1-5-9-6-3-2-4-8-7(6)11-10-5/h2-5,9-10H,1H3. The third kappa shape index (κ3) is 1.32. The van der Waals surface area contributed by atoms with Crippen LogP contribution in [0.4, 0.5) is 5.69 Å². The molecular weight excluding hydrogens is 158 g/mol. The zero-order valence-electron chi connectivity index (χ0n) is 6.16. The van der Waals surface area contributed by atoms with Crippen LogP contribution in [0, 0.1) is 0 Å². The average molecular weight is 167 g/mol. The molecule has 0 amide bonds. The van der Waals surface area contributed by atoms with Crippen LogP contribution in [-0.4, -0.2) is 11.1 Å². The molecule has 1 aliphatic rings. The van der Waals surface area contributed by atoms with Crippen LogP contribution in [0.25, 0.3) is 0 Å². The van der Waals surface area contributed by atoms with E-state index in [2.05, 4.69) is 21.9 Å². The predicted octanol–water partition coefficient (Wildman–Crippen LogP) is 1.45. The van der Waals surface area contributed by atoms with Crippen molar-refractivity contribution in [1.82, 2.24) is 9.71 Å². The summed E-state index contributed by atoms with van der Waals surface area (Å²) in [7, 11) is 0. The fourth-order valence-corrected chi connectivity index (χ4v) is 1.69. The number of aromatic nitrogens is 1. The molecule has 0 bridgehead atoms. The Morgan fingerprint density at radius 3 is 3.45 bits per heavy atom. The van der Waals surface area contributed by atoms with Crippen LogP contribution >= 0.6 is 11.9 Å². The van der Waals surface area contributed by atoms with Crippen molar-refractivity contribution in [3.63, 3.8) is 0 Å². The van der Waals surface area contributed by atoms with Gasteiger partial charge in [-0.3, -0.25) is 0 Å². The lowest BCUT2D eigenvalue weighted by Crippen LogP contribution is -2.31. The number of nitrogens with zero attached hydrogens (tertiary/aromatic N) is 1. The van der Waals surface area contributed by atoms with Crippen molar-refractivity contribution < 1.29 is 0 Å². The molecule has 4 heteroatoms. The van der Waals surface area contributed by atoms with E-state index in [0.717, 1.165) is 10.7 Å². The highest BCUT2D eigenvalue weighted by atomic mass is 32.2. The van der Waals surface area contributed by atoms with E-state index in [1.807, 2.05) is 12.1 Å². The first-order valence-electron chi connectivity index (χ1n) is 3.50. The first-order valence-corrected chi connectivity index (χ1v) is 4.32. The molecular formula is C7H9N3S. The lowest BCUT2D eigenvalue weighted by Gasteiger charge is -2.22. The van der Waals surface area contributed by atoms with Gasteiger partial charge in [-0.1, -0.05) is 0 Å². The topological polar surface area (TPSA) is 37.0 Å². The minimum absolute atomic E-state index is 0.316. The smallest absolute Gasteiger partial charge is 0.134 e. The Labute approximate surface area is 69.7 Å². The second-order valence-corrected chi connectivity index (χ2v) is 3.27. The molecule has 58 valence electrons. The van der Waals surface area contributed by atoms with E-state index >= 15 is 0 Å². The Bertz CT molecular complexity index is 264. The molecule has 2 N–H and O–H groups in total. The van der Waals surface area contributed by atoms with Gasteiger partial charge in [0, 0.05) is 6.20 Å². The maximum atomic E-state index is 4.19. The van der Waals surface area contributed by atoms with Crippen molar-refractivity contribution in [3.05, 3.63) is 18.3 Å². The molecule has 1 aromatic heterocycles. The summed E-state index contributed by atoms with van der Waals surface area (Å²) in [5.41, 5.74) is 1.11. The lowest BCUT2D eigenvalue weighted by molar-refractivity contribution is 0.764. The van der Waals surface area contributed by atoms with Crippen molar-refractivity contribution in [3.8, 4) is 0 Å². The maximum absolute atomic E-state index is 4.19. The summed E-state index contributed by atoms with van der Waals surface area (Å²) in [5, 5.41) is 4.28. The highest BCUT2D eigenvalue weighted by molar-refractivity contribution is 7.97. The molecule has 3 nitrogen and oxygen atoms in total. The SMILES string of the molecule is CC1NSc2ncccc2N1. The van der Waals surface area contributed by atoms with Gasteiger partial charge in [0.15, 0.2) is 0 Å². The molecule has 1 aromatic rings. The summed E-state index contributed by atoms with van der Waals surface area (Å²) < 4.78 is 3.18. The normalized spacial score (nSPS) is 22.1. The first-order chi connectivity index (χ1) is 5.36. The van der Waals surface area contributed by atoms with Gasteiger partial charge in [-0.25, -0.2) is 9.71 Å². The largest absolute Gasteiger partial charge is 0.367 e. The summed E-state index contributed by atoms with van der Waals surface area (Å²) >= 11 is 1.57. The van der Waals surface area contributed by atoms with Crippen LogP contribution in [0.2, 0.25) is 0 Å². The predicted molar refractivity (Wildman–Crippen MR) is 46.3 cm³/mol. The van der Waals surface area contributed by atoms with Crippen molar-refractivity contribution >= 4 is 17.6 Å². The number of nitrogens with one attached hydrogen (secondary N) is 2. The molecule has 0 fully saturated rings. The Balaban J connectivity index is 2.34. The Kier molecular flexibility index (Phi) is 1.71. The maximum Gasteiger partial charge on any atom is 0.134 e. The summed E-state index contributed by atoms with van der Waals surface area (Å²) in [6.07, 6.45) is 2.11. The van der Waals surface area contributed by atoms with E-state index in [-0.39, 0.29) is 0 Å². The molecule has 1 aliphatic heterocycles. The molecule has 0 spiro atoms. The molecule has 11 heavy (non-hydrogen) atoms. The monoisotopic (exact) mass is 167 g/mol. The van der Waals surface area contributed by atoms with Gasteiger partial charge < -0.3 is 5.32 Å². The number of hydrogen-bond donors (Lipinski definition) is 2. The van der Waals surface area contributed by atoms with E-state index < -0.39 is 0 Å². The Morgan fingerprint density at radius 1 is 1.64 bits per heavy atom. The molecule has 2 heterocycles. The first kappa shape index (κ1) is 6.94. The summed E-state index contributed by atoms with van der Waals surface area (Å²) in [5.74, 6) is 0. The van der Waals surface area contributed by atoms with Crippen molar-refractivity contribution in [1.29, 1.82) is 0 Å². The fraction of sp³-hybridized carbons (Fsp3) is 0.286. The molecule has 0 saturated heterocycles. The number of pyridine rings is 1. The Morgan fingerprint density at radius 2 is 2.55 bits per heavy atom. The molecule has 1 unspecified atom stereocenters. The Hall–Kier alpha value is -0.740. The van der Waals surface area contributed by atoms with E-state index in [9.17, 15) is 0 Å². The lowest BCUT2D eigenvalue weighted by atomic mass is 10.4. The summed E-state index contributed by atoms with van der Waals surface area (Å²) in [6.45, 7) is 2.07. The molecule has 1 atom stereocenters. The highest BCUT2D eigenvalue weighted by Gasteiger charge is 2.13. The number of rotatable bonds is 0. The summed E-state index contributed by atoms with van der Waals surface area (Å²) in [4.78, 5) is 4.19. The van der Waals surface area contributed by atoms with E-state index in [1.165, 1.54) is 0 Å². The molecule has 0 saturated carbocycles. The van der Waals surface area contributed by atoms with E-state index in [4.69, 9.17) is 0 Å². The minimum atomic E-state index is 0.316. The minimum Gasteiger partial charge on any atom is -0.367 e. The van der Waals surface area contributed by atoms with Gasteiger partial charge in [0.05, 0.1) is 11.9 Å². The van der Waals surface area contributed by atoms with Crippen LogP contribution < -0.4 is 10.0 Å².